The molecular weight excluding hydrogens is 221 g/mol. The van der Waals surface area contributed by atoms with Gasteiger partial charge in [0.2, 0.25) is 0 Å². The Bertz CT molecular complexity index is 451. The molecule has 0 radical (unpaired) electrons. The maximum Gasteiger partial charge on any atom is 0.146 e. The SMILES string of the molecule is Cc1ccc(NCCc2cccs2)c(F)c1. The van der Waals surface area contributed by atoms with E-state index in [1.807, 2.05) is 19.1 Å². The lowest BCUT2D eigenvalue weighted by molar-refractivity contribution is 0.629. The van der Waals surface area contributed by atoms with Crippen molar-refractivity contribution in [2.24, 2.45) is 0 Å². The number of aryl methyl sites for hydroxylation is 1. The van der Waals surface area contributed by atoms with Crippen molar-refractivity contribution in [3.8, 4) is 0 Å². The van der Waals surface area contributed by atoms with E-state index in [0.717, 1.165) is 18.5 Å². The Morgan fingerprint density at radius 2 is 2.19 bits per heavy atom. The van der Waals surface area contributed by atoms with Crippen LogP contribution in [0.15, 0.2) is 35.7 Å². The van der Waals surface area contributed by atoms with Gasteiger partial charge < -0.3 is 5.32 Å². The molecule has 0 aliphatic heterocycles. The highest BCUT2D eigenvalue weighted by Gasteiger charge is 2.01. The lowest BCUT2D eigenvalue weighted by Crippen LogP contribution is -2.05. The molecule has 0 fully saturated rings. The molecule has 2 rings (SSSR count). The van der Waals surface area contributed by atoms with Crippen LogP contribution in [0.1, 0.15) is 10.4 Å². The topological polar surface area (TPSA) is 12.0 Å². The van der Waals surface area contributed by atoms with E-state index in [0.29, 0.717) is 5.69 Å². The molecule has 0 spiro atoms. The van der Waals surface area contributed by atoms with Gasteiger partial charge in [0, 0.05) is 11.4 Å². The molecule has 1 nitrogen and oxygen atoms in total. The van der Waals surface area contributed by atoms with Crippen molar-refractivity contribution in [1.29, 1.82) is 0 Å². The number of hydrogen-bond donors (Lipinski definition) is 1. The van der Waals surface area contributed by atoms with Crippen LogP contribution in [0.2, 0.25) is 0 Å². The zero-order valence-electron chi connectivity index (χ0n) is 9.16. The van der Waals surface area contributed by atoms with E-state index in [9.17, 15) is 4.39 Å². The van der Waals surface area contributed by atoms with Gasteiger partial charge in [-0.05, 0) is 42.5 Å². The summed E-state index contributed by atoms with van der Waals surface area (Å²) >= 11 is 1.73. The summed E-state index contributed by atoms with van der Waals surface area (Å²) in [6, 6.07) is 9.38. The standard InChI is InChI=1S/C13H14FNS/c1-10-4-5-13(12(14)9-10)15-7-6-11-3-2-8-16-11/h2-5,8-9,15H,6-7H2,1H3. The van der Waals surface area contributed by atoms with Crippen molar-refractivity contribution in [2.75, 3.05) is 11.9 Å². The molecule has 1 heterocycles. The lowest BCUT2D eigenvalue weighted by atomic mass is 10.2. The molecule has 1 N–H and O–H groups in total. The molecule has 0 unspecified atom stereocenters. The highest BCUT2D eigenvalue weighted by atomic mass is 32.1. The first-order valence-corrected chi connectivity index (χ1v) is 6.16. The number of nitrogens with one attached hydrogen (secondary N) is 1. The first kappa shape index (κ1) is 11.1. The van der Waals surface area contributed by atoms with Crippen LogP contribution >= 0.6 is 11.3 Å². The zero-order chi connectivity index (χ0) is 11.4. The third-order valence-electron chi connectivity index (χ3n) is 2.39. The second-order valence-corrected chi connectivity index (χ2v) is 4.77. The second kappa shape index (κ2) is 5.12. The summed E-state index contributed by atoms with van der Waals surface area (Å²) in [7, 11) is 0. The number of thiophene rings is 1. The van der Waals surface area contributed by atoms with Crippen molar-refractivity contribution in [1.82, 2.24) is 0 Å². The molecule has 0 amide bonds. The molecule has 3 heteroatoms. The number of anilines is 1. The van der Waals surface area contributed by atoms with Crippen molar-refractivity contribution in [3.05, 3.63) is 52.0 Å². The van der Waals surface area contributed by atoms with E-state index in [1.54, 1.807) is 23.5 Å². The monoisotopic (exact) mass is 235 g/mol. The highest BCUT2D eigenvalue weighted by Crippen LogP contribution is 2.15. The molecule has 0 bridgehead atoms. The number of halogens is 1. The summed E-state index contributed by atoms with van der Waals surface area (Å²) in [4.78, 5) is 1.32. The van der Waals surface area contributed by atoms with Crippen molar-refractivity contribution in [2.45, 2.75) is 13.3 Å². The Kier molecular flexibility index (Phi) is 3.57. The molecule has 16 heavy (non-hydrogen) atoms. The van der Waals surface area contributed by atoms with Gasteiger partial charge in [0.15, 0.2) is 0 Å². The molecule has 0 aliphatic carbocycles. The Balaban J connectivity index is 1.90. The molecule has 0 saturated carbocycles. The van der Waals surface area contributed by atoms with Gasteiger partial charge in [0.1, 0.15) is 5.82 Å². The fourth-order valence-corrected chi connectivity index (χ4v) is 2.25. The second-order valence-electron chi connectivity index (χ2n) is 3.74. The highest BCUT2D eigenvalue weighted by molar-refractivity contribution is 7.09. The summed E-state index contributed by atoms with van der Waals surface area (Å²) in [5.41, 5.74) is 1.53. The molecule has 1 aromatic carbocycles. The minimum atomic E-state index is -0.175. The summed E-state index contributed by atoms with van der Waals surface area (Å²) in [6.45, 7) is 2.65. The minimum absolute atomic E-state index is 0.175. The first-order valence-electron chi connectivity index (χ1n) is 5.28. The van der Waals surface area contributed by atoms with Gasteiger partial charge in [-0.1, -0.05) is 12.1 Å². The molecule has 0 aliphatic rings. The Labute approximate surface area is 98.9 Å². The molecule has 2 aromatic rings. The van der Waals surface area contributed by atoms with Crippen LogP contribution in [-0.2, 0) is 6.42 Å². The van der Waals surface area contributed by atoms with Crippen LogP contribution < -0.4 is 5.32 Å². The number of hydrogen-bond acceptors (Lipinski definition) is 2. The van der Waals surface area contributed by atoms with Crippen molar-refractivity contribution >= 4 is 17.0 Å². The van der Waals surface area contributed by atoms with Gasteiger partial charge in [-0.2, -0.15) is 0 Å². The third kappa shape index (κ3) is 2.83. The van der Waals surface area contributed by atoms with Crippen LogP contribution in [0, 0.1) is 12.7 Å². The average Bonchev–Trinajstić information content (AvgIpc) is 2.74. The van der Waals surface area contributed by atoms with Crippen LogP contribution in [0.4, 0.5) is 10.1 Å². The zero-order valence-corrected chi connectivity index (χ0v) is 9.98. The molecule has 84 valence electrons. The van der Waals surface area contributed by atoms with Crippen LogP contribution in [0.3, 0.4) is 0 Å². The number of benzene rings is 1. The molecule has 0 atom stereocenters. The van der Waals surface area contributed by atoms with Crippen molar-refractivity contribution in [3.63, 3.8) is 0 Å². The summed E-state index contributed by atoms with van der Waals surface area (Å²) < 4.78 is 13.5. The first-order chi connectivity index (χ1) is 7.75. The smallest absolute Gasteiger partial charge is 0.146 e. The normalized spacial score (nSPS) is 10.4. The van der Waals surface area contributed by atoms with Gasteiger partial charge in [-0.3, -0.25) is 0 Å². The summed E-state index contributed by atoms with van der Waals surface area (Å²) in [5.74, 6) is -0.175. The van der Waals surface area contributed by atoms with Gasteiger partial charge in [0.25, 0.3) is 0 Å². The predicted molar refractivity (Wildman–Crippen MR) is 67.6 cm³/mol. The molecule has 1 aromatic heterocycles. The minimum Gasteiger partial charge on any atom is -0.382 e. The third-order valence-corrected chi connectivity index (χ3v) is 3.33. The maximum atomic E-state index is 13.5. The van der Waals surface area contributed by atoms with Crippen LogP contribution in [-0.4, -0.2) is 6.54 Å². The van der Waals surface area contributed by atoms with Gasteiger partial charge in [0.05, 0.1) is 5.69 Å². The Morgan fingerprint density at radius 3 is 2.88 bits per heavy atom. The number of rotatable bonds is 4. The summed E-state index contributed by atoms with van der Waals surface area (Å²) in [5, 5.41) is 5.17. The predicted octanol–water partition coefficient (Wildman–Crippen LogP) is 3.85. The lowest BCUT2D eigenvalue weighted by Gasteiger charge is -2.07. The van der Waals surface area contributed by atoms with Gasteiger partial charge in [-0.25, -0.2) is 4.39 Å². The van der Waals surface area contributed by atoms with Crippen molar-refractivity contribution < 1.29 is 4.39 Å². The molecule has 0 saturated heterocycles. The van der Waals surface area contributed by atoms with E-state index in [1.165, 1.54) is 4.88 Å². The van der Waals surface area contributed by atoms with E-state index < -0.39 is 0 Å². The maximum absolute atomic E-state index is 13.5. The Morgan fingerprint density at radius 1 is 1.31 bits per heavy atom. The fourth-order valence-electron chi connectivity index (χ4n) is 1.54. The average molecular weight is 235 g/mol. The van der Waals surface area contributed by atoms with E-state index in [-0.39, 0.29) is 5.82 Å². The molecular formula is C13H14FNS. The van der Waals surface area contributed by atoms with E-state index >= 15 is 0 Å². The van der Waals surface area contributed by atoms with Gasteiger partial charge in [-0.15, -0.1) is 11.3 Å². The quantitative estimate of drug-likeness (QED) is 0.848. The van der Waals surface area contributed by atoms with E-state index in [2.05, 4.69) is 16.8 Å². The van der Waals surface area contributed by atoms with Gasteiger partial charge >= 0.3 is 0 Å². The summed E-state index contributed by atoms with van der Waals surface area (Å²) in [6.07, 6.45) is 0.935. The Hall–Kier alpha value is -1.35. The van der Waals surface area contributed by atoms with Crippen LogP contribution in [0.5, 0.6) is 0 Å². The van der Waals surface area contributed by atoms with Crippen LogP contribution in [0.25, 0.3) is 0 Å². The fraction of sp³-hybridized carbons (Fsp3) is 0.231. The van der Waals surface area contributed by atoms with E-state index in [4.69, 9.17) is 0 Å². The largest absolute Gasteiger partial charge is 0.382 e.